The van der Waals surface area contributed by atoms with Crippen molar-refractivity contribution in [2.75, 3.05) is 39.2 Å². The Bertz CT molecular complexity index is 378. The second-order valence-corrected chi connectivity index (χ2v) is 4.63. The van der Waals surface area contributed by atoms with Crippen molar-refractivity contribution in [1.82, 2.24) is 4.90 Å². The third kappa shape index (κ3) is 6.37. The maximum absolute atomic E-state index is 11.6. The van der Waals surface area contributed by atoms with Gasteiger partial charge < -0.3 is 15.0 Å². The summed E-state index contributed by atoms with van der Waals surface area (Å²) >= 11 is 0. The first-order valence-corrected chi connectivity index (χ1v) is 6.17. The monoisotopic (exact) mass is 250 g/mol. The number of carbonyl (C=O) groups excluding carboxylic acids is 1. The van der Waals surface area contributed by atoms with Crippen LogP contribution < -0.4 is 5.32 Å². The first kappa shape index (κ1) is 14.7. The highest BCUT2D eigenvalue weighted by Crippen LogP contribution is 2.09. The Kier molecular flexibility index (Phi) is 6.39. The molecule has 0 radical (unpaired) electrons. The molecule has 0 fully saturated rings. The van der Waals surface area contributed by atoms with E-state index in [1.165, 1.54) is 0 Å². The number of anilines is 1. The SMILES string of the molecule is Cc1cccc(NC(=O)COCCCN(C)C)c1. The highest BCUT2D eigenvalue weighted by atomic mass is 16.5. The van der Waals surface area contributed by atoms with Gasteiger partial charge in [-0.2, -0.15) is 0 Å². The largest absolute Gasteiger partial charge is 0.372 e. The topological polar surface area (TPSA) is 41.6 Å². The minimum absolute atomic E-state index is 0.106. The van der Waals surface area contributed by atoms with Gasteiger partial charge >= 0.3 is 0 Å². The number of ether oxygens (including phenoxy) is 1. The summed E-state index contributed by atoms with van der Waals surface area (Å²) in [6.07, 6.45) is 0.935. The number of hydrogen-bond donors (Lipinski definition) is 1. The molecule has 1 aromatic carbocycles. The van der Waals surface area contributed by atoms with E-state index in [0.717, 1.165) is 24.2 Å². The molecular formula is C14H22N2O2. The van der Waals surface area contributed by atoms with Gasteiger partial charge in [0.2, 0.25) is 5.91 Å². The van der Waals surface area contributed by atoms with Crippen LogP contribution in [0.5, 0.6) is 0 Å². The van der Waals surface area contributed by atoms with Crippen molar-refractivity contribution in [3.63, 3.8) is 0 Å². The molecule has 0 aliphatic carbocycles. The summed E-state index contributed by atoms with van der Waals surface area (Å²) in [6, 6.07) is 7.72. The summed E-state index contributed by atoms with van der Waals surface area (Å²) in [5, 5.41) is 2.81. The van der Waals surface area contributed by atoms with Gasteiger partial charge in [-0.1, -0.05) is 12.1 Å². The lowest BCUT2D eigenvalue weighted by Gasteiger charge is -2.09. The average Bonchev–Trinajstić information content (AvgIpc) is 2.28. The van der Waals surface area contributed by atoms with Crippen LogP contribution in [0, 0.1) is 6.92 Å². The number of hydrogen-bond acceptors (Lipinski definition) is 3. The van der Waals surface area contributed by atoms with Gasteiger partial charge in [0.25, 0.3) is 0 Å². The summed E-state index contributed by atoms with van der Waals surface area (Å²) in [5.41, 5.74) is 1.94. The van der Waals surface area contributed by atoms with Gasteiger partial charge in [-0.05, 0) is 51.7 Å². The van der Waals surface area contributed by atoms with E-state index in [0.29, 0.717) is 6.61 Å². The number of nitrogens with zero attached hydrogens (tertiary/aromatic N) is 1. The molecule has 1 N–H and O–H groups in total. The van der Waals surface area contributed by atoms with Gasteiger partial charge in [-0.3, -0.25) is 4.79 Å². The van der Waals surface area contributed by atoms with Gasteiger partial charge in [0, 0.05) is 12.3 Å². The molecule has 0 aliphatic heterocycles. The van der Waals surface area contributed by atoms with Crippen LogP contribution in [0.3, 0.4) is 0 Å². The molecule has 0 bridgehead atoms. The number of amides is 1. The van der Waals surface area contributed by atoms with Crippen molar-refractivity contribution in [2.45, 2.75) is 13.3 Å². The van der Waals surface area contributed by atoms with Crippen LogP contribution in [0.4, 0.5) is 5.69 Å². The van der Waals surface area contributed by atoms with Crippen LogP contribution >= 0.6 is 0 Å². The zero-order chi connectivity index (χ0) is 13.4. The van der Waals surface area contributed by atoms with E-state index in [-0.39, 0.29) is 12.5 Å². The highest BCUT2D eigenvalue weighted by Gasteiger charge is 2.02. The van der Waals surface area contributed by atoms with Gasteiger partial charge in [-0.25, -0.2) is 0 Å². The maximum Gasteiger partial charge on any atom is 0.250 e. The third-order valence-corrected chi connectivity index (χ3v) is 2.43. The van der Waals surface area contributed by atoms with Crippen LogP contribution in [0.2, 0.25) is 0 Å². The number of rotatable bonds is 7. The lowest BCUT2D eigenvalue weighted by Crippen LogP contribution is -2.20. The predicted octanol–water partition coefficient (Wildman–Crippen LogP) is 1.90. The van der Waals surface area contributed by atoms with Gasteiger partial charge in [0.05, 0.1) is 0 Å². The Labute approximate surface area is 109 Å². The van der Waals surface area contributed by atoms with E-state index in [4.69, 9.17) is 4.74 Å². The number of carbonyl (C=O) groups is 1. The summed E-state index contributed by atoms with van der Waals surface area (Å²) in [4.78, 5) is 13.7. The molecule has 1 rings (SSSR count). The molecule has 0 aliphatic rings. The van der Waals surface area contributed by atoms with Gasteiger partial charge in [0.1, 0.15) is 6.61 Å². The van der Waals surface area contributed by atoms with E-state index < -0.39 is 0 Å². The molecule has 0 heterocycles. The molecule has 0 aromatic heterocycles. The minimum Gasteiger partial charge on any atom is -0.372 e. The average molecular weight is 250 g/mol. The summed E-state index contributed by atoms with van der Waals surface area (Å²) in [5.74, 6) is -0.106. The zero-order valence-corrected chi connectivity index (χ0v) is 11.4. The molecule has 4 heteroatoms. The quantitative estimate of drug-likeness (QED) is 0.752. The molecule has 0 saturated heterocycles. The van der Waals surface area contributed by atoms with Crippen molar-refractivity contribution in [1.29, 1.82) is 0 Å². The van der Waals surface area contributed by atoms with Crippen LogP contribution in [0.15, 0.2) is 24.3 Å². The van der Waals surface area contributed by atoms with Crippen LogP contribution in [-0.4, -0.2) is 44.7 Å². The Hall–Kier alpha value is -1.39. The molecule has 100 valence electrons. The fourth-order valence-corrected chi connectivity index (χ4v) is 1.57. The van der Waals surface area contributed by atoms with Crippen LogP contribution in [0.25, 0.3) is 0 Å². The van der Waals surface area contributed by atoms with E-state index in [9.17, 15) is 4.79 Å². The number of aryl methyl sites for hydroxylation is 1. The number of nitrogens with one attached hydrogen (secondary N) is 1. The first-order chi connectivity index (χ1) is 8.58. The van der Waals surface area contributed by atoms with E-state index in [1.807, 2.05) is 45.3 Å². The normalized spacial score (nSPS) is 10.7. The molecule has 0 saturated carbocycles. The zero-order valence-electron chi connectivity index (χ0n) is 11.4. The lowest BCUT2D eigenvalue weighted by molar-refractivity contribution is -0.120. The predicted molar refractivity (Wildman–Crippen MR) is 73.8 cm³/mol. The smallest absolute Gasteiger partial charge is 0.250 e. The lowest BCUT2D eigenvalue weighted by atomic mass is 10.2. The van der Waals surface area contributed by atoms with Crippen LogP contribution in [0.1, 0.15) is 12.0 Å². The van der Waals surface area contributed by atoms with Crippen molar-refractivity contribution in [3.8, 4) is 0 Å². The molecule has 18 heavy (non-hydrogen) atoms. The first-order valence-electron chi connectivity index (χ1n) is 6.17. The molecule has 0 atom stereocenters. The van der Waals surface area contributed by atoms with Crippen molar-refractivity contribution < 1.29 is 9.53 Å². The second kappa shape index (κ2) is 7.84. The molecular weight excluding hydrogens is 228 g/mol. The van der Waals surface area contributed by atoms with E-state index in [2.05, 4.69) is 10.2 Å². The molecule has 1 aromatic rings. The van der Waals surface area contributed by atoms with Crippen molar-refractivity contribution in [2.24, 2.45) is 0 Å². The Morgan fingerprint density at radius 1 is 1.39 bits per heavy atom. The van der Waals surface area contributed by atoms with E-state index in [1.54, 1.807) is 0 Å². The van der Waals surface area contributed by atoms with E-state index >= 15 is 0 Å². The van der Waals surface area contributed by atoms with Gasteiger partial charge in [0.15, 0.2) is 0 Å². The minimum atomic E-state index is -0.106. The fourth-order valence-electron chi connectivity index (χ4n) is 1.57. The van der Waals surface area contributed by atoms with Gasteiger partial charge in [-0.15, -0.1) is 0 Å². The second-order valence-electron chi connectivity index (χ2n) is 4.63. The Morgan fingerprint density at radius 3 is 2.83 bits per heavy atom. The molecule has 4 nitrogen and oxygen atoms in total. The molecule has 1 amide bonds. The van der Waals surface area contributed by atoms with Crippen LogP contribution in [-0.2, 0) is 9.53 Å². The fraction of sp³-hybridized carbons (Fsp3) is 0.500. The number of benzene rings is 1. The summed E-state index contributed by atoms with van der Waals surface area (Å²) < 4.78 is 5.31. The highest BCUT2D eigenvalue weighted by molar-refractivity contribution is 5.91. The van der Waals surface area contributed by atoms with Crippen molar-refractivity contribution in [3.05, 3.63) is 29.8 Å². The standard InChI is InChI=1S/C14H22N2O2/c1-12-6-4-7-13(10-12)15-14(17)11-18-9-5-8-16(2)3/h4,6-7,10H,5,8-9,11H2,1-3H3,(H,15,17). The Balaban J connectivity index is 2.18. The van der Waals surface area contributed by atoms with Crippen molar-refractivity contribution >= 4 is 11.6 Å². The third-order valence-electron chi connectivity index (χ3n) is 2.43. The Morgan fingerprint density at radius 2 is 2.17 bits per heavy atom. The molecule has 0 unspecified atom stereocenters. The summed E-state index contributed by atoms with van der Waals surface area (Å²) in [7, 11) is 4.04. The molecule has 0 spiro atoms. The maximum atomic E-state index is 11.6. The summed E-state index contributed by atoms with van der Waals surface area (Å²) in [6.45, 7) is 3.69.